The number of amides is 2. The van der Waals surface area contributed by atoms with E-state index in [-0.39, 0.29) is 23.7 Å². The predicted molar refractivity (Wildman–Crippen MR) is 135 cm³/mol. The number of fused-ring (bicyclic) bond motifs is 1. The summed E-state index contributed by atoms with van der Waals surface area (Å²) < 4.78 is 1.98. The molecule has 1 aliphatic rings. The number of rotatable bonds is 7. The maximum Gasteiger partial charge on any atom is 0.268 e. The Labute approximate surface area is 200 Å². The van der Waals surface area contributed by atoms with Gasteiger partial charge in [0.25, 0.3) is 11.8 Å². The van der Waals surface area contributed by atoms with Gasteiger partial charge in [0.2, 0.25) is 0 Å². The molecule has 7 nitrogen and oxygen atoms in total. The van der Waals surface area contributed by atoms with E-state index in [0.717, 1.165) is 42.1 Å². The number of carbonyl (C=O) groups excluding carboxylic acids is 2. The normalized spacial score (nSPS) is 17.9. The van der Waals surface area contributed by atoms with Crippen LogP contribution in [-0.2, 0) is 6.54 Å². The summed E-state index contributed by atoms with van der Waals surface area (Å²) in [6.45, 7) is 5.19. The lowest BCUT2D eigenvalue weighted by Crippen LogP contribution is -2.38. The fourth-order valence-corrected chi connectivity index (χ4v) is 4.65. The molecule has 0 bridgehead atoms. The first-order valence-corrected chi connectivity index (χ1v) is 12.0. The third-order valence-electron chi connectivity index (χ3n) is 6.69. The number of amidine groups is 1. The monoisotopic (exact) mass is 459 g/mol. The van der Waals surface area contributed by atoms with Crippen molar-refractivity contribution in [2.75, 3.05) is 6.54 Å². The lowest BCUT2D eigenvalue weighted by atomic mass is 9.87. The lowest BCUT2D eigenvalue weighted by Gasteiger charge is -2.27. The average Bonchev–Trinajstić information content (AvgIpc) is 3.19. The van der Waals surface area contributed by atoms with Crippen LogP contribution in [0.5, 0.6) is 0 Å². The molecule has 1 aliphatic carbocycles. The standard InChI is InChI=1S/C27H33N5O2/c1-3-30-26(33)19-8-6-18(7-9-19)16-32-23-15-21(25(28)29)11-10-20(23)14-24(32)27(34)31-22-12-4-17(2)5-13-22/h6-11,14-15,17,22H,3-5,12-13,16H2,1-2H3,(H3,28,29)(H,30,33)(H,31,34). The van der Waals surface area contributed by atoms with Crippen LogP contribution in [0.25, 0.3) is 10.9 Å². The van der Waals surface area contributed by atoms with Gasteiger partial charge in [0, 0.05) is 41.2 Å². The molecule has 0 radical (unpaired) electrons. The number of carbonyl (C=O) groups is 2. The van der Waals surface area contributed by atoms with Crippen molar-refractivity contribution in [1.29, 1.82) is 5.41 Å². The van der Waals surface area contributed by atoms with E-state index in [1.807, 2.05) is 41.8 Å². The van der Waals surface area contributed by atoms with Gasteiger partial charge in [-0.25, -0.2) is 0 Å². The molecule has 0 spiro atoms. The van der Waals surface area contributed by atoms with Crippen LogP contribution in [0.4, 0.5) is 0 Å². The predicted octanol–water partition coefficient (Wildman–Crippen LogP) is 4.03. The van der Waals surface area contributed by atoms with Gasteiger partial charge < -0.3 is 20.9 Å². The zero-order chi connectivity index (χ0) is 24.2. The van der Waals surface area contributed by atoms with Crippen LogP contribution >= 0.6 is 0 Å². The minimum absolute atomic E-state index is 0.0109. The SMILES string of the molecule is CCNC(=O)c1ccc(Cn2c(C(=O)NC3CCC(C)CC3)cc3ccc(C(=N)N)cc32)cc1. The molecule has 0 saturated heterocycles. The number of hydrogen-bond donors (Lipinski definition) is 4. The molecule has 2 aromatic carbocycles. The van der Waals surface area contributed by atoms with Crippen molar-refractivity contribution in [2.45, 2.75) is 52.1 Å². The number of nitrogens with two attached hydrogens (primary N) is 1. The molecular formula is C27H33N5O2. The van der Waals surface area contributed by atoms with Crippen LogP contribution in [0, 0.1) is 11.3 Å². The number of benzene rings is 2. The van der Waals surface area contributed by atoms with Gasteiger partial charge in [0.15, 0.2) is 0 Å². The second-order valence-corrected chi connectivity index (χ2v) is 9.29. The molecule has 0 unspecified atom stereocenters. The Kier molecular flexibility index (Phi) is 7.01. The highest BCUT2D eigenvalue weighted by molar-refractivity contribution is 6.02. The summed E-state index contributed by atoms with van der Waals surface area (Å²) in [5.74, 6) is 0.516. The maximum absolute atomic E-state index is 13.4. The summed E-state index contributed by atoms with van der Waals surface area (Å²) in [4.78, 5) is 25.5. The Hall–Kier alpha value is -3.61. The smallest absolute Gasteiger partial charge is 0.268 e. The number of hydrogen-bond acceptors (Lipinski definition) is 3. The summed E-state index contributed by atoms with van der Waals surface area (Å²) in [5, 5.41) is 14.8. The Morgan fingerprint density at radius 3 is 2.32 bits per heavy atom. The highest BCUT2D eigenvalue weighted by Gasteiger charge is 2.23. The van der Waals surface area contributed by atoms with Gasteiger partial charge in [-0.05, 0) is 68.4 Å². The second kappa shape index (κ2) is 10.1. The van der Waals surface area contributed by atoms with Crippen LogP contribution in [0.3, 0.4) is 0 Å². The zero-order valence-electron chi connectivity index (χ0n) is 19.9. The van der Waals surface area contributed by atoms with Crippen molar-refractivity contribution in [3.63, 3.8) is 0 Å². The van der Waals surface area contributed by atoms with Crippen molar-refractivity contribution in [1.82, 2.24) is 15.2 Å². The Balaban J connectivity index is 1.66. The first-order chi connectivity index (χ1) is 16.4. The number of nitrogens with one attached hydrogen (secondary N) is 3. The van der Waals surface area contributed by atoms with Gasteiger partial charge in [-0.3, -0.25) is 15.0 Å². The molecule has 1 aromatic heterocycles. The Morgan fingerprint density at radius 1 is 1.00 bits per heavy atom. The topological polar surface area (TPSA) is 113 Å². The van der Waals surface area contributed by atoms with E-state index >= 15 is 0 Å². The van der Waals surface area contributed by atoms with Crippen molar-refractivity contribution >= 4 is 28.6 Å². The minimum atomic E-state index is -0.103. The molecule has 7 heteroatoms. The zero-order valence-corrected chi connectivity index (χ0v) is 19.9. The van der Waals surface area contributed by atoms with Crippen molar-refractivity contribution in [3.8, 4) is 0 Å². The van der Waals surface area contributed by atoms with E-state index in [4.69, 9.17) is 11.1 Å². The van der Waals surface area contributed by atoms with Gasteiger partial charge in [-0.1, -0.05) is 31.2 Å². The van der Waals surface area contributed by atoms with E-state index in [1.54, 1.807) is 18.2 Å². The molecule has 4 rings (SSSR count). The largest absolute Gasteiger partial charge is 0.384 e. The van der Waals surface area contributed by atoms with Crippen molar-refractivity contribution in [3.05, 3.63) is 70.9 Å². The summed E-state index contributed by atoms with van der Waals surface area (Å²) in [7, 11) is 0. The van der Waals surface area contributed by atoms with Crippen LogP contribution in [0.1, 0.15) is 71.5 Å². The second-order valence-electron chi connectivity index (χ2n) is 9.29. The fraction of sp³-hybridized carbons (Fsp3) is 0.370. The third kappa shape index (κ3) is 5.14. The first-order valence-electron chi connectivity index (χ1n) is 12.0. The molecule has 0 atom stereocenters. The quantitative estimate of drug-likeness (QED) is 0.316. The number of aromatic nitrogens is 1. The van der Waals surface area contributed by atoms with Gasteiger partial charge in [0.1, 0.15) is 11.5 Å². The summed E-state index contributed by atoms with van der Waals surface area (Å²) in [5.41, 5.74) is 9.36. The number of nitrogens with zero attached hydrogens (tertiary/aromatic N) is 1. The molecule has 178 valence electrons. The third-order valence-corrected chi connectivity index (χ3v) is 6.69. The minimum Gasteiger partial charge on any atom is -0.384 e. The van der Waals surface area contributed by atoms with Gasteiger partial charge in [0.05, 0.1) is 0 Å². The molecule has 5 N–H and O–H groups in total. The molecule has 0 aliphatic heterocycles. The molecule has 3 aromatic rings. The van der Waals surface area contributed by atoms with E-state index in [9.17, 15) is 9.59 Å². The lowest BCUT2D eigenvalue weighted by molar-refractivity contribution is 0.0913. The fourth-order valence-electron chi connectivity index (χ4n) is 4.65. The van der Waals surface area contributed by atoms with Crippen LogP contribution < -0.4 is 16.4 Å². The van der Waals surface area contributed by atoms with Crippen LogP contribution in [-0.4, -0.2) is 34.8 Å². The number of nitrogen functional groups attached to an aromatic ring is 1. The molecule has 1 fully saturated rings. The van der Waals surface area contributed by atoms with Crippen LogP contribution in [0.15, 0.2) is 48.5 Å². The highest BCUT2D eigenvalue weighted by atomic mass is 16.2. The first kappa shape index (κ1) is 23.5. The van der Waals surface area contributed by atoms with Crippen molar-refractivity contribution in [2.24, 2.45) is 11.7 Å². The molecular weight excluding hydrogens is 426 g/mol. The van der Waals surface area contributed by atoms with E-state index < -0.39 is 0 Å². The van der Waals surface area contributed by atoms with Gasteiger partial charge >= 0.3 is 0 Å². The Morgan fingerprint density at radius 2 is 1.68 bits per heavy atom. The molecule has 2 amide bonds. The summed E-state index contributed by atoms with van der Waals surface area (Å²) in [6, 6.07) is 15.1. The van der Waals surface area contributed by atoms with E-state index in [0.29, 0.717) is 35.8 Å². The van der Waals surface area contributed by atoms with Crippen LogP contribution in [0.2, 0.25) is 0 Å². The average molecular weight is 460 g/mol. The molecule has 1 heterocycles. The maximum atomic E-state index is 13.4. The van der Waals surface area contributed by atoms with Gasteiger partial charge in [-0.15, -0.1) is 0 Å². The van der Waals surface area contributed by atoms with E-state index in [2.05, 4.69) is 17.6 Å². The molecule has 34 heavy (non-hydrogen) atoms. The van der Waals surface area contributed by atoms with Crippen molar-refractivity contribution < 1.29 is 9.59 Å². The van der Waals surface area contributed by atoms with E-state index in [1.165, 1.54) is 0 Å². The highest BCUT2D eigenvalue weighted by Crippen LogP contribution is 2.26. The van der Waals surface area contributed by atoms with Gasteiger partial charge in [-0.2, -0.15) is 0 Å². The molecule has 1 saturated carbocycles. The Bertz CT molecular complexity index is 1200. The summed E-state index contributed by atoms with van der Waals surface area (Å²) in [6.07, 6.45) is 4.27. The summed E-state index contributed by atoms with van der Waals surface area (Å²) >= 11 is 0.